The van der Waals surface area contributed by atoms with Gasteiger partial charge in [0.25, 0.3) is 0 Å². The van der Waals surface area contributed by atoms with Gasteiger partial charge in [0.2, 0.25) is 17.7 Å². The SMILES string of the molecule is NCCCC[C@H](NC(=O)[C@H](CCCN=C(N)N)NC(=O)[C@H](CS)NC(=O)[C@@H](N)CC(=O)O)C(=O)O. The minimum Gasteiger partial charge on any atom is -0.481 e. The highest BCUT2D eigenvalue weighted by molar-refractivity contribution is 7.80. The highest BCUT2D eigenvalue weighted by Gasteiger charge is 2.30. The van der Waals surface area contributed by atoms with Gasteiger partial charge in [-0.15, -0.1) is 0 Å². The zero-order chi connectivity index (χ0) is 27.0. The number of carbonyl (C=O) groups excluding carboxylic acids is 3. The summed E-state index contributed by atoms with van der Waals surface area (Å²) in [6.45, 7) is 0.522. The van der Waals surface area contributed by atoms with Gasteiger partial charge < -0.3 is 49.1 Å². The molecule has 3 amide bonds. The van der Waals surface area contributed by atoms with Crippen LogP contribution in [-0.2, 0) is 24.0 Å². The average Bonchev–Trinajstić information content (AvgIpc) is 2.77. The van der Waals surface area contributed by atoms with Crippen molar-refractivity contribution in [2.75, 3.05) is 18.8 Å². The minimum atomic E-state index is -1.40. The Morgan fingerprint density at radius 1 is 0.829 bits per heavy atom. The van der Waals surface area contributed by atoms with Crippen LogP contribution < -0.4 is 38.9 Å². The molecule has 0 aromatic heterocycles. The monoisotopic (exact) mass is 520 g/mol. The Kier molecular flexibility index (Phi) is 15.8. The van der Waals surface area contributed by atoms with Crippen LogP contribution in [0.3, 0.4) is 0 Å². The van der Waals surface area contributed by atoms with E-state index >= 15 is 0 Å². The topological polar surface area (TPSA) is 278 Å². The summed E-state index contributed by atoms with van der Waals surface area (Å²) in [7, 11) is 0. The van der Waals surface area contributed by atoms with E-state index in [1.165, 1.54) is 0 Å². The number of thiol groups is 1. The zero-order valence-electron chi connectivity index (χ0n) is 19.3. The van der Waals surface area contributed by atoms with E-state index in [9.17, 15) is 29.1 Å². The number of carboxylic acids is 2. The van der Waals surface area contributed by atoms with Crippen LogP contribution in [0.25, 0.3) is 0 Å². The van der Waals surface area contributed by atoms with Gasteiger partial charge in [-0.2, -0.15) is 12.6 Å². The Morgan fingerprint density at radius 3 is 1.89 bits per heavy atom. The molecule has 0 heterocycles. The number of carboxylic acid groups (broad SMARTS) is 2. The van der Waals surface area contributed by atoms with Gasteiger partial charge in [0.05, 0.1) is 12.5 Å². The molecule has 0 fully saturated rings. The first kappa shape index (κ1) is 31.9. The molecule has 13 N–H and O–H groups in total. The first-order valence-corrected chi connectivity index (χ1v) is 11.5. The molecule has 16 heteroatoms. The molecule has 0 aromatic rings. The van der Waals surface area contributed by atoms with E-state index in [4.69, 9.17) is 28.0 Å². The van der Waals surface area contributed by atoms with Crippen LogP contribution in [0.4, 0.5) is 0 Å². The number of nitrogens with one attached hydrogen (secondary N) is 3. The number of hydrogen-bond acceptors (Lipinski definition) is 9. The average molecular weight is 521 g/mol. The van der Waals surface area contributed by atoms with Gasteiger partial charge in [0.15, 0.2) is 5.96 Å². The number of rotatable bonds is 18. The lowest BCUT2D eigenvalue weighted by atomic mass is 10.1. The maximum Gasteiger partial charge on any atom is 0.326 e. The zero-order valence-corrected chi connectivity index (χ0v) is 20.2. The Morgan fingerprint density at radius 2 is 1.37 bits per heavy atom. The molecule has 0 bridgehead atoms. The number of unbranched alkanes of at least 4 members (excludes halogenated alkanes) is 1. The Balaban J connectivity index is 5.38. The van der Waals surface area contributed by atoms with Crippen LogP contribution in [0.2, 0.25) is 0 Å². The molecule has 0 spiro atoms. The van der Waals surface area contributed by atoms with Crippen LogP contribution >= 0.6 is 12.6 Å². The summed E-state index contributed by atoms with van der Waals surface area (Å²) < 4.78 is 0. The molecule has 4 atom stereocenters. The number of hydrogen-bond donors (Lipinski definition) is 10. The fourth-order valence-electron chi connectivity index (χ4n) is 2.82. The van der Waals surface area contributed by atoms with Gasteiger partial charge in [0.1, 0.15) is 18.1 Å². The Labute approximate surface area is 208 Å². The van der Waals surface area contributed by atoms with Crippen molar-refractivity contribution in [2.45, 2.75) is 62.7 Å². The first-order valence-electron chi connectivity index (χ1n) is 10.9. The number of aliphatic imine (C=N–C) groups is 1. The number of nitrogens with two attached hydrogens (primary N) is 4. The summed E-state index contributed by atoms with van der Waals surface area (Å²) >= 11 is 4.01. The van der Waals surface area contributed by atoms with Crippen LogP contribution in [-0.4, -0.2) is 88.8 Å². The Bertz CT molecular complexity index is 763. The van der Waals surface area contributed by atoms with Crippen molar-refractivity contribution in [2.24, 2.45) is 27.9 Å². The molecular formula is C19H36N8O7S. The van der Waals surface area contributed by atoms with Gasteiger partial charge in [-0.3, -0.25) is 24.2 Å². The standard InChI is InChI=1S/C19H36N8O7S/c20-6-2-1-4-12(18(33)34)26-16(31)11(5-3-7-24-19(22)23)25-17(32)13(9-35)27-15(30)10(21)8-14(28)29/h10-13,35H,1-9,20-21H2,(H,25,32)(H,26,31)(H,27,30)(H,28,29)(H,33,34)(H4,22,23,24)/t10-,11-,12-,13-/m0/s1. The van der Waals surface area contributed by atoms with Crippen molar-refractivity contribution < 1.29 is 34.2 Å². The quantitative estimate of drug-likeness (QED) is 0.0365. The fourth-order valence-corrected chi connectivity index (χ4v) is 3.08. The minimum absolute atomic E-state index is 0.0509. The summed E-state index contributed by atoms with van der Waals surface area (Å²) in [6, 6.07) is -5.01. The summed E-state index contributed by atoms with van der Waals surface area (Å²) in [4.78, 5) is 63.7. The molecule has 15 nitrogen and oxygen atoms in total. The van der Waals surface area contributed by atoms with E-state index in [0.717, 1.165) is 0 Å². The summed E-state index contributed by atoms with van der Waals surface area (Å²) in [5.74, 6) is -5.32. The van der Waals surface area contributed by atoms with Crippen molar-refractivity contribution in [1.29, 1.82) is 0 Å². The van der Waals surface area contributed by atoms with Crippen LogP contribution in [0.1, 0.15) is 38.5 Å². The number of nitrogens with zero attached hydrogens (tertiary/aromatic N) is 1. The maximum atomic E-state index is 12.8. The van der Waals surface area contributed by atoms with E-state index < -0.39 is 60.2 Å². The predicted octanol–water partition coefficient (Wildman–Crippen LogP) is -3.56. The van der Waals surface area contributed by atoms with E-state index in [1.807, 2.05) is 0 Å². The second-order valence-electron chi connectivity index (χ2n) is 7.64. The van der Waals surface area contributed by atoms with Crippen molar-refractivity contribution in [1.82, 2.24) is 16.0 Å². The summed E-state index contributed by atoms with van der Waals surface area (Å²) in [6.07, 6.45) is 0.857. The second-order valence-corrected chi connectivity index (χ2v) is 8.01. The largest absolute Gasteiger partial charge is 0.481 e. The van der Waals surface area contributed by atoms with Crippen molar-refractivity contribution in [3.63, 3.8) is 0 Å². The summed E-state index contributed by atoms with van der Waals surface area (Å²) in [5, 5.41) is 25.3. The van der Waals surface area contributed by atoms with E-state index in [-0.39, 0.29) is 37.5 Å². The number of guanidine groups is 1. The lowest BCUT2D eigenvalue weighted by molar-refractivity contribution is -0.142. The van der Waals surface area contributed by atoms with Crippen molar-refractivity contribution >= 4 is 48.2 Å². The first-order chi connectivity index (χ1) is 16.4. The molecule has 0 aliphatic rings. The van der Waals surface area contributed by atoms with Crippen molar-refractivity contribution in [3.05, 3.63) is 0 Å². The fraction of sp³-hybridized carbons (Fsp3) is 0.684. The molecule has 0 aromatic carbocycles. The number of aliphatic carboxylic acids is 2. The van der Waals surface area contributed by atoms with Gasteiger partial charge in [-0.25, -0.2) is 4.79 Å². The molecular weight excluding hydrogens is 484 g/mol. The molecule has 0 aliphatic carbocycles. The molecule has 0 aliphatic heterocycles. The van der Waals surface area contributed by atoms with E-state index in [0.29, 0.717) is 19.4 Å². The molecule has 35 heavy (non-hydrogen) atoms. The predicted molar refractivity (Wildman–Crippen MR) is 130 cm³/mol. The number of amides is 3. The normalized spacial score (nSPS) is 14.0. The highest BCUT2D eigenvalue weighted by atomic mass is 32.1. The third-order valence-electron chi connectivity index (χ3n) is 4.69. The number of carbonyl (C=O) groups is 5. The maximum absolute atomic E-state index is 12.8. The van der Waals surface area contributed by atoms with Gasteiger partial charge in [-0.1, -0.05) is 0 Å². The van der Waals surface area contributed by atoms with Crippen LogP contribution in [0.5, 0.6) is 0 Å². The summed E-state index contributed by atoms with van der Waals surface area (Å²) in [5.41, 5.74) is 21.5. The van der Waals surface area contributed by atoms with Crippen LogP contribution in [0, 0.1) is 0 Å². The van der Waals surface area contributed by atoms with Gasteiger partial charge >= 0.3 is 11.9 Å². The molecule has 0 rings (SSSR count). The second kappa shape index (κ2) is 17.3. The molecule has 0 unspecified atom stereocenters. The third kappa shape index (κ3) is 14.0. The van der Waals surface area contributed by atoms with Crippen molar-refractivity contribution in [3.8, 4) is 0 Å². The van der Waals surface area contributed by atoms with Gasteiger partial charge in [-0.05, 0) is 38.6 Å². The van der Waals surface area contributed by atoms with Crippen LogP contribution in [0.15, 0.2) is 4.99 Å². The molecule has 0 saturated carbocycles. The molecule has 0 saturated heterocycles. The highest BCUT2D eigenvalue weighted by Crippen LogP contribution is 2.05. The molecule has 0 radical (unpaired) electrons. The van der Waals surface area contributed by atoms with E-state index in [1.54, 1.807) is 0 Å². The van der Waals surface area contributed by atoms with E-state index in [2.05, 4.69) is 33.6 Å². The van der Waals surface area contributed by atoms with Gasteiger partial charge in [0, 0.05) is 12.3 Å². The lowest BCUT2D eigenvalue weighted by Crippen LogP contribution is -2.57. The smallest absolute Gasteiger partial charge is 0.326 e. The Hall–Kier alpha value is -3.11. The lowest BCUT2D eigenvalue weighted by Gasteiger charge is -2.24. The third-order valence-corrected chi connectivity index (χ3v) is 5.05. The molecule has 200 valence electrons.